The summed E-state index contributed by atoms with van der Waals surface area (Å²) in [4.78, 5) is 26.4. The molecule has 11 heteroatoms. The third-order valence-corrected chi connectivity index (χ3v) is 9.34. The second-order valence-electron chi connectivity index (χ2n) is 7.89. The van der Waals surface area contributed by atoms with Crippen molar-refractivity contribution in [2.24, 2.45) is 0 Å². The van der Waals surface area contributed by atoms with Gasteiger partial charge in [0.05, 0.1) is 17.3 Å². The van der Waals surface area contributed by atoms with Gasteiger partial charge >= 0.3 is 0 Å². The Morgan fingerprint density at radius 1 is 1.27 bits per heavy atom. The molecule has 2 aliphatic rings. The van der Waals surface area contributed by atoms with Crippen molar-refractivity contribution in [3.8, 4) is 0 Å². The summed E-state index contributed by atoms with van der Waals surface area (Å²) < 4.78 is 26.4. The fourth-order valence-corrected chi connectivity index (χ4v) is 7.58. The summed E-state index contributed by atoms with van der Waals surface area (Å²) >= 11 is 2.64. The van der Waals surface area contributed by atoms with Crippen LogP contribution < -0.4 is 4.90 Å². The molecule has 1 saturated heterocycles. The van der Waals surface area contributed by atoms with Gasteiger partial charge in [-0.05, 0) is 39.2 Å². The molecule has 0 aromatic carbocycles. The first-order chi connectivity index (χ1) is 14.2. The summed E-state index contributed by atoms with van der Waals surface area (Å²) in [6, 6.07) is 1.97. The lowest BCUT2D eigenvalue weighted by molar-refractivity contribution is -0.116. The van der Waals surface area contributed by atoms with Crippen LogP contribution >= 0.6 is 23.1 Å². The highest BCUT2D eigenvalue weighted by Crippen LogP contribution is 2.36. The van der Waals surface area contributed by atoms with Gasteiger partial charge in [-0.25, -0.2) is 8.42 Å². The molecule has 8 nitrogen and oxygen atoms in total. The van der Waals surface area contributed by atoms with E-state index in [0.717, 1.165) is 24.2 Å². The van der Waals surface area contributed by atoms with E-state index < -0.39 is 9.84 Å². The number of rotatable bonds is 7. The summed E-state index contributed by atoms with van der Waals surface area (Å²) in [5.74, 6) is 0.481. The molecule has 2 fully saturated rings. The van der Waals surface area contributed by atoms with Crippen LogP contribution in [-0.2, 0) is 14.6 Å². The molecule has 0 radical (unpaired) electrons. The second kappa shape index (κ2) is 8.08. The van der Waals surface area contributed by atoms with Crippen LogP contribution in [0.1, 0.15) is 54.0 Å². The zero-order chi connectivity index (χ0) is 21.6. The normalized spacial score (nSPS) is 20.4. The van der Waals surface area contributed by atoms with Crippen molar-refractivity contribution in [2.75, 3.05) is 22.2 Å². The number of aryl methyl sites for hydroxylation is 1. The highest BCUT2D eigenvalue weighted by Gasteiger charge is 2.34. The van der Waals surface area contributed by atoms with Crippen LogP contribution in [0.2, 0.25) is 0 Å². The van der Waals surface area contributed by atoms with E-state index in [2.05, 4.69) is 10.2 Å². The molecular weight excluding hydrogens is 444 g/mol. The lowest BCUT2D eigenvalue weighted by Gasteiger charge is -2.16. The lowest BCUT2D eigenvalue weighted by atomic mass is 10.2. The number of ketones is 1. The number of amides is 1. The number of carbonyl (C=O) groups is 2. The molecule has 2 aromatic rings. The van der Waals surface area contributed by atoms with Crippen molar-refractivity contribution in [2.45, 2.75) is 56.5 Å². The van der Waals surface area contributed by atoms with E-state index in [1.54, 1.807) is 4.90 Å². The molecule has 30 heavy (non-hydrogen) atoms. The predicted molar refractivity (Wildman–Crippen MR) is 117 cm³/mol. The minimum Gasteiger partial charge on any atom is -0.344 e. The van der Waals surface area contributed by atoms with Gasteiger partial charge in [0, 0.05) is 36.0 Å². The number of hydrogen-bond donors (Lipinski definition) is 0. The molecule has 1 aliphatic carbocycles. The third kappa shape index (κ3) is 4.33. The number of carbonyl (C=O) groups excluding carboxylic acids is 2. The number of hydrogen-bond acceptors (Lipinski definition) is 8. The summed E-state index contributed by atoms with van der Waals surface area (Å²) in [7, 11) is -3.00. The van der Waals surface area contributed by atoms with E-state index >= 15 is 0 Å². The first-order valence-corrected chi connectivity index (χ1v) is 13.5. The van der Waals surface area contributed by atoms with Crippen LogP contribution in [0.25, 0.3) is 0 Å². The van der Waals surface area contributed by atoms with Crippen molar-refractivity contribution < 1.29 is 18.0 Å². The predicted octanol–water partition coefficient (Wildman–Crippen LogP) is 2.81. The maximum Gasteiger partial charge on any atom is 0.225 e. The third-order valence-electron chi connectivity index (χ3n) is 5.54. The van der Waals surface area contributed by atoms with Crippen LogP contribution in [0.5, 0.6) is 0 Å². The number of aromatic nitrogens is 3. The van der Waals surface area contributed by atoms with E-state index in [9.17, 15) is 18.0 Å². The number of sulfone groups is 1. The average Bonchev–Trinajstić information content (AvgIpc) is 3.14. The SMILES string of the molecule is CC(=O)N(c1nnc(SCC(=O)c2cc(C)n(C3CCS(=O)(=O)C3)c2C)s1)C1CC1. The monoisotopic (exact) mass is 468 g/mol. The Morgan fingerprint density at radius 2 is 2.00 bits per heavy atom. The standard InChI is InChI=1S/C19H24N4O4S3/c1-11-8-16(12(2)22(11)15-6-7-30(26,27)10-15)17(25)9-28-19-21-20-18(29-19)23(13(3)24)14-4-5-14/h8,14-15H,4-7,9-10H2,1-3H3. The fraction of sp³-hybridized carbons (Fsp3) is 0.579. The Labute approximate surface area is 184 Å². The number of Topliss-reactive ketones (excluding diaryl/α,β-unsaturated/α-hetero) is 1. The van der Waals surface area contributed by atoms with E-state index in [4.69, 9.17) is 0 Å². The van der Waals surface area contributed by atoms with Crippen molar-refractivity contribution in [3.63, 3.8) is 0 Å². The zero-order valence-corrected chi connectivity index (χ0v) is 19.6. The quantitative estimate of drug-likeness (QED) is 0.350. The average molecular weight is 469 g/mol. The van der Waals surface area contributed by atoms with Crippen molar-refractivity contribution >= 4 is 49.8 Å². The molecule has 162 valence electrons. The first kappa shape index (κ1) is 21.5. The van der Waals surface area contributed by atoms with Gasteiger partial charge < -0.3 is 4.57 Å². The Hall–Kier alpha value is -1.72. The highest BCUT2D eigenvalue weighted by molar-refractivity contribution is 8.01. The maximum absolute atomic E-state index is 12.9. The molecule has 1 aliphatic heterocycles. The van der Waals surface area contributed by atoms with Gasteiger partial charge in [0.2, 0.25) is 11.0 Å². The minimum atomic E-state index is -3.00. The van der Waals surface area contributed by atoms with Gasteiger partial charge in [0.25, 0.3) is 0 Å². The molecule has 0 spiro atoms. The fourth-order valence-electron chi connectivity index (χ4n) is 4.04. The molecule has 1 unspecified atom stereocenters. The van der Waals surface area contributed by atoms with E-state index in [1.165, 1.54) is 30.0 Å². The number of nitrogens with zero attached hydrogens (tertiary/aromatic N) is 4. The molecule has 4 rings (SSSR count). The molecule has 0 N–H and O–H groups in total. The molecule has 0 bridgehead atoms. The Kier molecular flexibility index (Phi) is 5.80. The van der Waals surface area contributed by atoms with Gasteiger partial charge in [-0.3, -0.25) is 14.5 Å². The van der Waals surface area contributed by atoms with Crippen LogP contribution in [0.15, 0.2) is 10.4 Å². The van der Waals surface area contributed by atoms with E-state index in [1.807, 2.05) is 24.5 Å². The van der Waals surface area contributed by atoms with Crippen molar-refractivity contribution in [3.05, 3.63) is 23.0 Å². The zero-order valence-electron chi connectivity index (χ0n) is 17.1. The van der Waals surface area contributed by atoms with Crippen molar-refractivity contribution in [1.82, 2.24) is 14.8 Å². The van der Waals surface area contributed by atoms with E-state index in [0.29, 0.717) is 21.5 Å². The van der Waals surface area contributed by atoms with E-state index in [-0.39, 0.29) is 41.0 Å². The lowest BCUT2D eigenvalue weighted by Crippen LogP contribution is -2.30. The van der Waals surface area contributed by atoms with Gasteiger partial charge in [0.15, 0.2) is 20.0 Å². The molecule has 1 saturated carbocycles. The van der Waals surface area contributed by atoms with Gasteiger partial charge in [-0.2, -0.15) is 0 Å². The van der Waals surface area contributed by atoms with Gasteiger partial charge in [-0.1, -0.05) is 23.1 Å². The second-order valence-corrected chi connectivity index (χ2v) is 12.3. The largest absolute Gasteiger partial charge is 0.344 e. The van der Waals surface area contributed by atoms with Crippen LogP contribution in [0.4, 0.5) is 5.13 Å². The van der Waals surface area contributed by atoms with Crippen molar-refractivity contribution in [1.29, 1.82) is 0 Å². The summed E-state index contributed by atoms with van der Waals surface area (Å²) in [6.45, 7) is 5.31. The summed E-state index contributed by atoms with van der Waals surface area (Å²) in [6.07, 6.45) is 2.55. The number of anilines is 1. The minimum absolute atomic E-state index is 0.0254. The maximum atomic E-state index is 12.9. The Balaban J connectivity index is 1.44. The highest BCUT2D eigenvalue weighted by atomic mass is 32.2. The van der Waals surface area contributed by atoms with Gasteiger partial charge in [-0.15, -0.1) is 10.2 Å². The molecule has 1 amide bonds. The molecule has 3 heterocycles. The molecular formula is C19H24N4O4S3. The van der Waals surface area contributed by atoms with Crippen LogP contribution in [0.3, 0.4) is 0 Å². The summed E-state index contributed by atoms with van der Waals surface area (Å²) in [5, 5.41) is 8.85. The van der Waals surface area contributed by atoms with Crippen LogP contribution in [0, 0.1) is 13.8 Å². The summed E-state index contributed by atoms with van der Waals surface area (Å²) in [5.41, 5.74) is 2.34. The molecule has 2 aromatic heterocycles. The topological polar surface area (TPSA) is 102 Å². The van der Waals surface area contributed by atoms with Gasteiger partial charge in [0.1, 0.15) is 0 Å². The smallest absolute Gasteiger partial charge is 0.225 e. The molecule has 1 atom stereocenters. The Morgan fingerprint density at radius 3 is 2.60 bits per heavy atom. The van der Waals surface area contributed by atoms with Crippen LogP contribution in [-0.4, -0.2) is 58.2 Å². The first-order valence-electron chi connectivity index (χ1n) is 9.84. The number of thioether (sulfide) groups is 1. The Bertz CT molecular complexity index is 1100.